The van der Waals surface area contributed by atoms with Crippen LogP contribution in [0.5, 0.6) is 0 Å². The van der Waals surface area contributed by atoms with Gasteiger partial charge in [0, 0.05) is 20.1 Å². The predicted octanol–water partition coefficient (Wildman–Crippen LogP) is 0.487. The van der Waals surface area contributed by atoms with Gasteiger partial charge in [-0.25, -0.2) is 14.0 Å². The monoisotopic (exact) mass is 348 g/mol. The first-order valence-electron chi connectivity index (χ1n) is 7.69. The number of hydrogen-bond donors (Lipinski definition) is 1. The molecule has 1 N–H and O–H groups in total. The second-order valence-electron chi connectivity index (χ2n) is 6.20. The first-order valence-corrected chi connectivity index (χ1v) is 7.69. The van der Waals surface area contributed by atoms with E-state index in [1.807, 2.05) is 0 Å². The van der Waals surface area contributed by atoms with Gasteiger partial charge in [-0.2, -0.15) is 0 Å². The van der Waals surface area contributed by atoms with Crippen LogP contribution in [0.25, 0.3) is 0 Å². The molecular weight excluding hydrogens is 331 g/mol. The number of carbonyl (C=O) groups is 4. The SMILES string of the molecule is CN1CC(=O)N(CCN2C(=O)NC(C)(c3ccc(F)cc3)C2=O)C1=O. The van der Waals surface area contributed by atoms with Crippen molar-refractivity contribution in [2.45, 2.75) is 12.5 Å². The highest BCUT2D eigenvalue weighted by Gasteiger charge is 2.49. The fourth-order valence-corrected chi connectivity index (χ4v) is 2.97. The Morgan fingerprint density at radius 1 is 1.08 bits per heavy atom. The van der Waals surface area contributed by atoms with Crippen LogP contribution in [0.15, 0.2) is 24.3 Å². The van der Waals surface area contributed by atoms with Crippen LogP contribution in [0.3, 0.4) is 0 Å². The highest BCUT2D eigenvalue weighted by atomic mass is 19.1. The van der Waals surface area contributed by atoms with Gasteiger partial charge >= 0.3 is 12.1 Å². The number of nitrogens with zero attached hydrogens (tertiary/aromatic N) is 3. The predicted molar refractivity (Wildman–Crippen MR) is 83.7 cm³/mol. The van der Waals surface area contributed by atoms with Crippen molar-refractivity contribution in [2.75, 3.05) is 26.7 Å². The minimum absolute atomic E-state index is 0.0216. The Bertz CT molecular complexity index is 766. The molecule has 0 saturated carbocycles. The summed E-state index contributed by atoms with van der Waals surface area (Å²) < 4.78 is 13.1. The molecule has 1 unspecified atom stereocenters. The number of halogens is 1. The van der Waals surface area contributed by atoms with Crippen molar-refractivity contribution in [1.82, 2.24) is 20.0 Å². The van der Waals surface area contributed by atoms with Crippen LogP contribution in [0.1, 0.15) is 12.5 Å². The van der Waals surface area contributed by atoms with E-state index in [0.29, 0.717) is 5.56 Å². The van der Waals surface area contributed by atoms with E-state index in [0.717, 1.165) is 9.80 Å². The van der Waals surface area contributed by atoms with E-state index in [2.05, 4.69) is 5.32 Å². The largest absolute Gasteiger partial charge is 0.327 e. The summed E-state index contributed by atoms with van der Waals surface area (Å²) >= 11 is 0. The number of rotatable bonds is 4. The number of urea groups is 2. The molecule has 3 rings (SSSR count). The van der Waals surface area contributed by atoms with Gasteiger partial charge in [0.05, 0.1) is 0 Å². The molecule has 9 heteroatoms. The molecule has 1 atom stereocenters. The van der Waals surface area contributed by atoms with E-state index in [1.54, 1.807) is 0 Å². The lowest BCUT2D eigenvalue weighted by molar-refractivity contribution is -0.132. The molecule has 2 aliphatic heterocycles. The molecule has 25 heavy (non-hydrogen) atoms. The Labute approximate surface area is 143 Å². The highest BCUT2D eigenvalue weighted by Crippen LogP contribution is 2.28. The molecule has 0 radical (unpaired) electrons. The normalized spacial score (nSPS) is 23.7. The lowest BCUT2D eigenvalue weighted by atomic mass is 9.92. The number of benzene rings is 1. The van der Waals surface area contributed by atoms with Crippen molar-refractivity contribution >= 4 is 23.9 Å². The van der Waals surface area contributed by atoms with Gasteiger partial charge in [0.15, 0.2) is 0 Å². The van der Waals surface area contributed by atoms with Gasteiger partial charge in [-0.05, 0) is 24.6 Å². The summed E-state index contributed by atoms with van der Waals surface area (Å²) in [6.07, 6.45) is 0. The van der Waals surface area contributed by atoms with Crippen molar-refractivity contribution in [3.05, 3.63) is 35.6 Å². The number of hydrogen-bond acceptors (Lipinski definition) is 4. The Balaban J connectivity index is 1.74. The van der Waals surface area contributed by atoms with Gasteiger partial charge in [0.25, 0.3) is 5.91 Å². The lowest BCUT2D eigenvalue weighted by Crippen LogP contribution is -2.43. The number of amides is 6. The molecular formula is C16H17FN4O4. The van der Waals surface area contributed by atoms with Crippen LogP contribution in [0, 0.1) is 5.82 Å². The maximum Gasteiger partial charge on any atom is 0.327 e. The summed E-state index contributed by atoms with van der Waals surface area (Å²) in [7, 11) is 1.50. The number of likely N-dealkylation sites (N-methyl/N-ethyl adjacent to an activating group) is 1. The summed E-state index contributed by atoms with van der Waals surface area (Å²) in [4.78, 5) is 51.8. The van der Waals surface area contributed by atoms with E-state index in [-0.39, 0.29) is 25.5 Å². The van der Waals surface area contributed by atoms with Crippen molar-refractivity contribution in [3.63, 3.8) is 0 Å². The molecule has 2 saturated heterocycles. The van der Waals surface area contributed by atoms with Crippen LogP contribution >= 0.6 is 0 Å². The Morgan fingerprint density at radius 2 is 1.68 bits per heavy atom. The average molecular weight is 348 g/mol. The second-order valence-corrected chi connectivity index (χ2v) is 6.20. The van der Waals surface area contributed by atoms with E-state index >= 15 is 0 Å². The van der Waals surface area contributed by atoms with Crippen molar-refractivity contribution in [2.24, 2.45) is 0 Å². The molecule has 1 aromatic carbocycles. The summed E-state index contributed by atoms with van der Waals surface area (Å²) in [5, 5.41) is 2.59. The summed E-state index contributed by atoms with van der Waals surface area (Å²) in [5.41, 5.74) is -0.872. The lowest BCUT2D eigenvalue weighted by Gasteiger charge is -2.23. The smallest absolute Gasteiger partial charge is 0.319 e. The highest BCUT2D eigenvalue weighted by molar-refractivity contribution is 6.07. The molecule has 8 nitrogen and oxygen atoms in total. The fourth-order valence-electron chi connectivity index (χ4n) is 2.97. The van der Waals surface area contributed by atoms with E-state index in [1.165, 1.54) is 43.1 Å². The topological polar surface area (TPSA) is 90.0 Å². The van der Waals surface area contributed by atoms with Crippen LogP contribution in [-0.2, 0) is 15.1 Å². The maximum atomic E-state index is 13.1. The molecule has 0 bridgehead atoms. The molecule has 0 aliphatic carbocycles. The Morgan fingerprint density at radius 3 is 2.24 bits per heavy atom. The molecule has 6 amide bonds. The van der Waals surface area contributed by atoms with Crippen molar-refractivity contribution < 1.29 is 23.6 Å². The Kier molecular flexibility index (Phi) is 3.94. The zero-order chi connectivity index (χ0) is 18.4. The third-order valence-corrected chi connectivity index (χ3v) is 4.47. The standard InChI is InChI=1S/C16H17FN4O4/c1-16(10-3-5-11(17)6-4-10)13(23)21(14(24)18-16)8-7-20-12(22)9-19(2)15(20)25/h3-6H,7-9H2,1-2H3,(H,18,24). The molecule has 0 spiro atoms. The first kappa shape index (κ1) is 16.9. The quantitative estimate of drug-likeness (QED) is 0.802. The average Bonchev–Trinajstić information content (AvgIpc) is 2.93. The van der Waals surface area contributed by atoms with Gasteiger partial charge in [0.1, 0.15) is 17.9 Å². The van der Waals surface area contributed by atoms with Gasteiger partial charge in [-0.1, -0.05) is 12.1 Å². The molecule has 0 aromatic heterocycles. The van der Waals surface area contributed by atoms with Gasteiger partial charge in [-0.15, -0.1) is 0 Å². The molecule has 2 aliphatic rings. The third kappa shape index (κ3) is 2.71. The minimum atomic E-state index is -1.32. The number of carbonyl (C=O) groups excluding carboxylic acids is 4. The Hall–Kier alpha value is -2.97. The molecule has 132 valence electrons. The molecule has 2 fully saturated rings. The van der Waals surface area contributed by atoms with Crippen LogP contribution in [-0.4, -0.2) is 65.3 Å². The van der Waals surface area contributed by atoms with Crippen LogP contribution in [0.2, 0.25) is 0 Å². The zero-order valence-corrected chi connectivity index (χ0v) is 13.8. The fraction of sp³-hybridized carbons (Fsp3) is 0.375. The van der Waals surface area contributed by atoms with Crippen molar-refractivity contribution in [1.29, 1.82) is 0 Å². The van der Waals surface area contributed by atoms with Gasteiger partial charge in [0.2, 0.25) is 5.91 Å². The van der Waals surface area contributed by atoms with Gasteiger partial charge < -0.3 is 10.2 Å². The summed E-state index contributed by atoms with van der Waals surface area (Å²) in [6, 6.07) is 4.20. The van der Waals surface area contributed by atoms with E-state index < -0.39 is 29.3 Å². The molecule has 2 heterocycles. The molecule has 1 aromatic rings. The third-order valence-electron chi connectivity index (χ3n) is 4.47. The van der Waals surface area contributed by atoms with E-state index in [4.69, 9.17) is 0 Å². The number of nitrogens with one attached hydrogen (secondary N) is 1. The number of imide groups is 2. The zero-order valence-electron chi connectivity index (χ0n) is 13.8. The summed E-state index contributed by atoms with van der Waals surface area (Å²) in [6.45, 7) is 1.33. The maximum absolute atomic E-state index is 13.1. The first-order chi connectivity index (χ1) is 11.7. The van der Waals surface area contributed by atoms with Crippen molar-refractivity contribution in [3.8, 4) is 0 Å². The van der Waals surface area contributed by atoms with Crippen LogP contribution in [0.4, 0.5) is 14.0 Å². The van der Waals surface area contributed by atoms with Gasteiger partial charge in [-0.3, -0.25) is 19.4 Å². The second kappa shape index (κ2) is 5.83. The van der Waals surface area contributed by atoms with E-state index in [9.17, 15) is 23.6 Å². The minimum Gasteiger partial charge on any atom is -0.319 e. The summed E-state index contributed by atoms with van der Waals surface area (Å²) in [5.74, 6) is -1.34. The van der Waals surface area contributed by atoms with Crippen LogP contribution < -0.4 is 5.32 Å².